The number of amides is 1. The van der Waals surface area contributed by atoms with Gasteiger partial charge in [0.15, 0.2) is 0 Å². The van der Waals surface area contributed by atoms with E-state index in [0.717, 1.165) is 11.1 Å². The molecule has 0 radical (unpaired) electrons. The van der Waals surface area contributed by atoms with E-state index in [2.05, 4.69) is 20.8 Å². The van der Waals surface area contributed by atoms with Gasteiger partial charge < -0.3 is 15.1 Å². The van der Waals surface area contributed by atoms with Crippen LogP contribution in [0, 0.1) is 6.92 Å². The van der Waals surface area contributed by atoms with Crippen molar-refractivity contribution >= 4 is 17.3 Å². The molecule has 0 atom stereocenters. The van der Waals surface area contributed by atoms with E-state index < -0.39 is 18.6 Å². The molecule has 4 rings (SSSR count). The van der Waals surface area contributed by atoms with Crippen LogP contribution >= 0.6 is 0 Å². The largest absolute Gasteiger partial charge is 0.416 e. The summed E-state index contributed by atoms with van der Waals surface area (Å²) in [6.45, 7) is 0.763. The van der Waals surface area contributed by atoms with E-state index in [0.29, 0.717) is 22.9 Å². The van der Waals surface area contributed by atoms with Crippen LogP contribution in [0.1, 0.15) is 15.9 Å². The van der Waals surface area contributed by atoms with E-state index in [1.165, 1.54) is 12.1 Å². The van der Waals surface area contributed by atoms with Crippen molar-refractivity contribution < 1.29 is 22.4 Å². The van der Waals surface area contributed by atoms with Crippen molar-refractivity contribution in [2.75, 3.05) is 17.2 Å². The number of alkyl halides is 3. The summed E-state index contributed by atoms with van der Waals surface area (Å²) in [5.74, 6) is 0.229. The number of aromatic nitrogens is 2. The van der Waals surface area contributed by atoms with Crippen LogP contribution in [-0.4, -0.2) is 28.8 Å². The molecule has 0 fully saturated rings. The van der Waals surface area contributed by atoms with E-state index >= 15 is 0 Å². The van der Waals surface area contributed by atoms with Crippen molar-refractivity contribution in [1.82, 2.24) is 10.2 Å². The van der Waals surface area contributed by atoms with Crippen molar-refractivity contribution in [1.29, 1.82) is 0 Å². The third-order valence-corrected chi connectivity index (χ3v) is 4.74. The molecular formula is C24H19F3N4O2. The van der Waals surface area contributed by atoms with Gasteiger partial charge in [0.05, 0.1) is 11.4 Å². The van der Waals surface area contributed by atoms with Gasteiger partial charge >= 0.3 is 6.18 Å². The van der Waals surface area contributed by atoms with Gasteiger partial charge in [-0.1, -0.05) is 29.8 Å². The summed E-state index contributed by atoms with van der Waals surface area (Å²) in [6, 6.07) is 20.4. The summed E-state index contributed by atoms with van der Waals surface area (Å²) in [5.41, 5.74) is 3.25. The number of nitrogens with one attached hydrogen (secondary N) is 2. The Morgan fingerprint density at radius 2 is 1.55 bits per heavy atom. The van der Waals surface area contributed by atoms with Crippen LogP contribution in [0.5, 0.6) is 0 Å². The lowest BCUT2D eigenvalue weighted by molar-refractivity contribution is -0.115. The van der Waals surface area contributed by atoms with Crippen LogP contribution in [0.4, 0.5) is 24.5 Å². The number of anilines is 2. The molecule has 0 aliphatic heterocycles. The summed E-state index contributed by atoms with van der Waals surface area (Å²) in [4.78, 5) is 12.6. The SMILES string of the molecule is Cc1cccc(-c2nnc(-c3ccc(C(=O)Nc4ccccc4NCC(F)(F)F)cc3)o2)c1. The number of benzene rings is 3. The average molecular weight is 452 g/mol. The normalized spacial score (nSPS) is 11.3. The van der Waals surface area contributed by atoms with Crippen molar-refractivity contribution in [3.8, 4) is 22.9 Å². The van der Waals surface area contributed by atoms with Crippen molar-refractivity contribution in [3.05, 3.63) is 83.9 Å². The maximum atomic E-state index is 12.6. The van der Waals surface area contributed by atoms with Gasteiger partial charge in [0.1, 0.15) is 6.54 Å². The highest BCUT2D eigenvalue weighted by atomic mass is 19.4. The molecule has 1 aromatic heterocycles. The van der Waals surface area contributed by atoms with Crippen molar-refractivity contribution in [2.24, 2.45) is 0 Å². The molecule has 1 heterocycles. The smallest absolute Gasteiger partial charge is 0.405 e. The molecule has 0 aliphatic carbocycles. The number of rotatable bonds is 6. The Labute approximate surface area is 187 Å². The fourth-order valence-electron chi connectivity index (χ4n) is 3.14. The summed E-state index contributed by atoms with van der Waals surface area (Å²) in [5, 5.41) is 13.1. The predicted octanol–water partition coefficient (Wildman–Crippen LogP) is 5.94. The molecule has 3 aromatic carbocycles. The molecular weight excluding hydrogens is 433 g/mol. The maximum Gasteiger partial charge on any atom is 0.405 e. The van der Waals surface area contributed by atoms with Gasteiger partial charge in [-0.05, 0) is 55.5 Å². The highest BCUT2D eigenvalue weighted by Gasteiger charge is 2.27. The van der Waals surface area contributed by atoms with Gasteiger partial charge in [-0.25, -0.2) is 0 Å². The van der Waals surface area contributed by atoms with E-state index in [-0.39, 0.29) is 11.4 Å². The fraction of sp³-hybridized carbons (Fsp3) is 0.125. The van der Waals surface area contributed by atoms with Crippen LogP contribution in [0.2, 0.25) is 0 Å². The average Bonchev–Trinajstić information content (AvgIpc) is 3.28. The Morgan fingerprint density at radius 1 is 0.879 bits per heavy atom. The van der Waals surface area contributed by atoms with Crippen LogP contribution in [0.25, 0.3) is 22.9 Å². The predicted molar refractivity (Wildman–Crippen MR) is 119 cm³/mol. The first-order valence-corrected chi connectivity index (χ1v) is 10.0. The minimum atomic E-state index is -4.37. The third-order valence-electron chi connectivity index (χ3n) is 4.74. The van der Waals surface area contributed by atoms with Gasteiger partial charge in [0.2, 0.25) is 11.8 Å². The van der Waals surface area contributed by atoms with Crippen LogP contribution in [-0.2, 0) is 0 Å². The number of aryl methyl sites for hydroxylation is 1. The molecule has 0 spiro atoms. The zero-order valence-corrected chi connectivity index (χ0v) is 17.5. The number of hydrogen-bond acceptors (Lipinski definition) is 5. The molecule has 2 N–H and O–H groups in total. The summed E-state index contributed by atoms with van der Waals surface area (Å²) in [7, 11) is 0. The Kier molecular flexibility index (Phi) is 6.12. The number of nitrogens with zero attached hydrogens (tertiary/aromatic N) is 2. The lowest BCUT2D eigenvalue weighted by atomic mass is 10.1. The first kappa shape index (κ1) is 22.1. The third kappa shape index (κ3) is 5.57. The second-order valence-corrected chi connectivity index (χ2v) is 7.33. The van der Waals surface area contributed by atoms with Gasteiger partial charge in [-0.15, -0.1) is 10.2 Å². The summed E-state index contributed by atoms with van der Waals surface area (Å²) < 4.78 is 43.3. The number of carbonyl (C=O) groups is 1. The van der Waals surface area contributed by atoms with E-state index in [1.807, 2.05) is 31.2 Å². The first-order valence-electron chi connectivity index (χ1n) is 10.0. The Hall–Kier alpha value is -4.14. The molecule has 6 nitrogen and oxygen atoms in total. The number of para-hydroxylation sites is 2. The second-order valence-electron chi connectivity index (χ2n) is 7.33. The molecule has 33 heavy (non-hydrogen) atoms. The molecule has 0 saturated heterocycles. The number of halogens is 3. The molecule has 0 bridgehead atoms. The first-order chi connectivity index (χ1) is 15.8. The maximum absolute atomic E-state index is 12.6. The Balaban J connectivity index is 1.47. The van der Waals surface area contributed by atoms with Gasteiger partial charge in [-0.3, -0.25) is 4.79 Å². The Bertz CT molecular complexity index is 1270. The van der Waals surface area contributed by atoms with Gasteiger partial charge in [-0.2, -0.15) is 13.2 Å². The standard InChI is InChI=1S/C24H19F3N4O2/c1-15-5-4-6-18(13-15)23-31-30-22(33-23)17-11-9-16(10-12-17)21(32)29-20-8-3-2-7-19(20)28-14-24(25,26)27/h2-13,28H,14H2,1H3,(H,29,32). The second kappa shape index (κ2) is 9.15. The molecule has 9 heteroatoms. The Morgan fingerprint density at radius 3 is 2.21 bits per heavy atom. The van der Waals surface area contributed by atoms with Gasteiger partial charge in [0.25, 0.3) is 5.91 Å². The lowest BCUT2D eigenvalue weighted by Gasteiger charge is -2.14. The topological polar surface area (TPSA) is 80.0 Å². The molecule has 0 unspecified atom stereocenters. The quantitative estimate of drug-likeness (QED) is 0.379. The molecule has 1 amide bonds. The van der Waals surface area contributed by atoms with Crippen LogP contribution in [0.3, 0.4) is 0 Å². The van der Waals surface area contributed by atoms with E-state index in [1.54, 1.807) is 36.4 Å². The molecule has 4 aromatic rings. The zero-order valence-electron chi connectivity index (χ0n) is 17.5. The monoisotopic (exact) mass is 452 g/mol. The highest BCUT2D eigenvalue weighted by molar-refractivity contribution is 6.06. The van der Waals surface area contributed by atoms with Gasteiger partial charge in [0, 0.05) is 16.7 Å². The minimum absolute atomic E-state index is 0.175. The summed E-state index contributed by atoms with van der Waals surface area (Å²) in [6.07, 6.45) is -4.37. The van der Waals surface area contributed by atoms with Crippen molar-refractivity contribution in [3.63, 3.8) is 0 Å². The van der Waals surface area contributed by atoms with Crippen LogP contribution in [0.15, 0.2) is 77.2 Å². The lowest BCUT2D eigenvalue weighted by Crippen LogP contribution is -2.22. The fourth-order valence-corrected chi connectivity index (χ4v) is 3.14. The van der Waals surface area contributed by atoms with E-state index in [4.69, 9.17) is 4.42 Å². The zero-order chi connectivity index (χ0) is 23.4. The highest BCUT2D eigenvalue weighted by Crippen LogP contribution is 2.26. The molecule has 0 saturated carbocycles. The molecule has 0 aliphatic rings. The number of carbonyl (C=O) groups excluding carboxylic acids is 1. The summed E-state index contributed by atoms with van der Waals surface area (Å²) >= 11 is 0. The van der Waals surface area contributed by atoms with Crippen LogP contribution < -0.4 is 10.6 Å². The molecule has 168 valence electrons. The number of hydrogen-bond donors (Lipinski definition) is 2. The van der Waals surface area contributed by atoms with Crippen molar-refractivity contribution in [2.45, 2.75) is 13.1 Å². The van der Waals surface area contributed by atoms with E-state index in [9.17, 15) is 18.0 Å². The minimum Gasteiger partial charge on any atom is -0.416 e.